The van der Waals surface area contributed by atoms with Gasteiger partial charge in [-0.1, -0.05) is 70.1 Å². The second-order valence-electron chi connectivity index (χ2n) is 10.4. The van der Waals surface area contributed by atoms with E-state index in [4.69, 9.17) is 21.7 Å². The van der Waals surface area contributed by atoms with E-state index in [2.05, 4.69) is 25.2 Å². The van der Waals surface area contributed by atoms with Crippen molar-refractivity contribution in [1.82, 2.24) is 9.47 Å². The molecule has 1 fully saturated rings. The minimum Gasteiger partial charge on any atom is -0.493 e. The number of pyridine rings is 1. The molecule has 0 saturated carbocycles. The summed E-state index contributed by atoms with van der Waals surface area (Å²) in [5, 5.41) is 13.4. The van der Waals surface area contributed by atoms with Crippen molar-refractivity contribution in [3.63, 3.8) is 0 Å². The number of benzene rings is 1. The van der Waals surface area contributed by atoms with Gasteiger partial charge in [0.15, 0.2) is 11.5 Å². The summed E-state index contributed by atoms with van der Waals surface area (Å²) in [7, 11) is 3.20. The number of nitriles is 1. The Morgan fingerprint density at radius 1 is 1.14 bits per heavy atom. The summed E-state index contributed by atoms with van der Waals surface area (Å²) in [4.78, 5) is 29.2. The number of carbonyl (C=O) groups is 1. The van der Waals surface area contributed by atoms with Crippen LogP contribution in [0.25, 0.3) is 6.08 Å². The number of methoxy groups -OCH3 is 2. The van der Waals surface area contributed by atoms with Crippen LogP contribution in [0.5, 0.6) is 11.5 Å². The molecule has 2 heterocycles. The fraction of sp³-hybridized carbons (Fsp3) is 0.500. The molecule has 1 aliphatic heterocycles. The number of nitrogens with zero attached hydrogens (tertiary/aromatic N) is 3. The van der Waals surface area contributed by atoms with Crippen molar-refractivity contribution < 1.29 is 14.3 Å². The smallest absolute Gasteiger partial charge is 0.270 e. The van der Waals surface area contributed by atoms with E-state index in [1.54, 1.807) is 36.7 Å². The molecule has 1 saturated heterocycles. The van der Waals surface area contributed by atoms with Crippen molar-refractivity contribution in [2.75, 3.05) is 32.6 Å². The molecule has 0 bridgehead atoms. The number of aromatic nitrogens is 1. The highest BCUT2D eigenvalue weighted by molar-refractivity contribution is 8.26. The fourth-order valence-corrected chi connectivity index (χ4v) is 6.37. The number of hydrogen-bond acceptors (Lipinski definition) is 8. The third-order valence-corrected chi connectivity index (χ3v) is 8.99. The molecule has 42 heavy (non-hydrogen) atoms. The highest BCUT2D eigenvalue weighted by atomic mass is 32.2. The van der Waals surface area contributed by atoms with Gasteiger partial charge in [-0.2, -0.15) is 5.26 Å². The number of amides is 1. The molecule has 2 aromatic rings. The number of unbranched alkanes of at least 4 members (excludes halogenated alkanes) is 1. The maximum absolute atomic E-state index is 13.6. The van der Waals surface area contributed by atoms with Gasteiger partial charge in [0, 0.05) is 25.2 Å². The summed E-state index contributed by atoms with van der Waals surface area (Å²) in [5.74, 6) is 2.17. The van der Waals surface area contributed by atoms with Crippen LogP contribution in [0.3, 0.4) is 0 Å². The SMILES string of the molecule is CCCCC(CC)CN1C(=O)/C(=C\c2c(C)c(C#N)c(=O)n(CCC)c2NCCc2ccc(OC)c(OC)c2)SC1=S. The van der Waals surface area contributed by atoms with Gasteiger partial charge < -0.3 is 14.8 Å². The van der Waals surface area contributed by atoms with Gasteiger partial charge in [0.1, 0.15) is 21.8 Å². The summed E-state index contributed by atoms with van der Waals surface area (Å²) < 4.78 is 13.0. The Morgan fingerprint density at radius 3 is 2.50 bits per heavy atom. The lowest BCUT2D eigenvalue weighted by atomic mass is 9.99. The summed E-state index contributed by atoms with van der Waals surface area (Å²) in [6, 6.07) is 7.87. The van der Waals surface area contributed by atoms with Crippen molar-refractivity contribution >= 4 is 46.1 Å². The van der Waals surface area contributed by atoms with Crippen molar-refractivity contribution in [3.8, 4) is 17.6 Å². The molecule has 1 unspecified atom stereocenters. The molecular formula is C32H42N4O4S2. The van der Waals surface area contributed by atoms with Crippen LogP contribution in [0.4, 0.5) is 5.82 Å². The summed E-state index contributed by atoms with van der Waals surface area (Å²) in [6.07, 6.45) is 7.43. The Balaban J connectivity index is 1.99. The lowest BCUT2D eigenvalue weighted by Gasteiger charge is -2.22. The van der Waals surface area contributed by atoms with Gasteiger partial charge >= 0.3 is 0 Å². The zero-order valence-electron chi connectivity index (χ0n) is 25.5. The quantitative estimate of drug-likeness (QED) is 0.180. The van der Waals surface area contributed by atoms with E-state index in [1.165, 1.54) is 11.8 Å². The minimum atomic E-state index is -0.336. The van der Waals surface area contributed by atoms with E-state index in [9.17, 15) is 14.9 Å². The molecule has 0 aliphatic carbocycles. The molecule has 0 radical (unpaired) electrons. The van der Waals surface area contributed by atoms with E-state index in [0.29, 0.717) is 76.1 Å². The van der Waals surface area contributed by atoms with Gasteiger partial charge in [-0.05, 0) is 61.4 Å². The molecule has 1 aromatic carbocycles. The Kier molecular flexibility index (Phi) is 12.5. The highest BCUT2D eigenvalue weighted by Crippen LogP contribution is 2.36. The van der Waals surface area contributed by atoms with Crippen LogP contribution in [0.2, 0.25) is 0 Å². The Morgan fingerprint density at radius 2 is 1.88 bits per heavy atom. The average molecular weight is 611 g/mol. The summed E-state index contributed by atoms with van der Waals surface area (Å²) >= 11 is 6.92. The maximum atomic E-state index is 13.6. The first kappa shape index (κ1) is 33.2. The van der Waals surface area contributed by atoms with Gasteiger partial charge in [-0.3, -0.25) is 19.1 Å². The summed E-state index contributed by atoms with van der Waals surface area (Å²) in [5.41, 5.74) is 1.98. The third-order valence-electron chi connectivity index (χ3n) is 7.61. The van der Waals surface area contributed by atoms with Gasteiger partial charge in [0.2, 0.25) is 0 Å². The zero-order valence-corrected chi connectivity index (χ0v) is 27.2. The standard InChI is InChI=1S/C32H42N4O4S2/c1-7-10-11-22(9-3)20-36-31(38)28(42-32(36)41)18-24-21(4)25(19-33)30(37)35(16-8-2)29(24)34-15-14-23-12-13-26(39-5)27(17-23)40-6/h12-13,17-18,22,34H,7-11,14-16,20H2,1-6H3/b28-18+. The molecule has 1 N–H and O–H groups in total. The fourth-order valence-electron chi connectivity index (χ4n) is 5.12. The largest absolute Gasteiger partial charge is 0.493 e. The van der Waals surface area contributed by atoms with E-state index >= 15 is 0 Å². The van der Waals surface area contributed by atoms with Gasteiger partial charge in [-0.25, -0.2) is 0 Å². The number of rotatable bonds is 15. The molecule has 0 spiro atoms. The van der Waals surface area contributed by atoms with E-state index in [-0.39, 0.29) is 17.0 Å². The van der Waals surface area contributed by atoms with E-state index < -0.39 is 0 Å². The molecule has 1 amide bonds. The van der Waals surface area contributed by atoms with E-state index in [0.717, 1.165) is 31.2 Å². The number of hydrogen-bond donors (Lipinski definition) is 1. The lowest BCUT2D eigenvalue weighted by Crippen LogP contribution is -2.33. The second kappa shape index (κ2) is 15.8. The van der Waals surface area contributed by atoms with Crippen molar-refractivity contribution in [2.24, 2.45) is 5.92 Å². The monoisotopic (exact) mass is 610 g/mol. The average Bonchev–Trinajstić information content (AvgIpc) is 3.25. The van der Waals surface area contributed by atoms with Crippen LogP contribution in [0.15, 0.2) is 27.9 Å². The molecular weight excluding hydrogens is 569 g/mol. The van der Waals surface area contributed by atoms with Crippen LogP contribution >= 0.6 is 24.0 Å². The van der Waals surface area contributed by atoms with Crippen LogP contribution in [0.1, 0.15) is 75.1 Å². The number of thioether (sulfide) groups is 1. The second-order valence-corrected chi connectivity index (χ2v) is 12.1. The van der Waals surface area contributed by atoms with Crippen LogP contribution in [0, 0.1) is 24.2 Å². The Labute approximate surface area is 259 Å². The molecule has 1 aliphatic rings. The maximum Gasteiger partial charge on any atom is 0.270 e. The first-order valence-electron chi connectivity index (χ1n) is 14.6. The molecule has 1 aromatic heterocycles. The first-order valence-corrected chi connectivity index (χ1v) is 15.8. The Bertz CT molecular complexity index is 1430. The molecule has 8 nitrogen and oxygen atoms in total. The van der Waals surface area contributed by atoms with Crippen LogP contribution < -0.4 is 20.3 Å². The van der Waals surface area contributed by atoms with Crippen molar-refractivity contribution in [2.45, 2.75) is 72.8 Å². The Hall–Kier alpha value is -3.29. The number of carbonyl (C=O) groups excluding carboxylic acids is 1. The normalized spacial score (nSPS) is 14.8. The topological polar surface area (TPSA) is 96.6 Å². The van der Waals surface area contributed by atoms with Crippen molar-refractivity contribution in [3.05, 3.63) is 55.7 Å². The lowest BCUT2D eigenvalue weighted by molar-refractivity contribution is -0.122. The predicted molar refractivity (Wildman–Crippen MR) is 175 cm³/mol. The van der Waals surface area contributed by atoms with Crippen LogP contribution in [-0.2, 0) is 17.8 Å². The number of ether oxygens (including phenoxy) is 2. The van der Waals surface area contributed by atoms with Gasteiger partial charge in [0.25, 0.3) is 11.5 Å². The van der Waals surface area contributed by atoms with Crippen molar-refractivity contribution in [1.29, 1.82) is 5.26 Å². The highest BCUT2D eigenvalue weighted by Gasteiger charge is 2.34. The zero-order chi connectivity index (χ0) is 30.8. The van der Waals surface area contributed by atoms with Gasteiger partial charge in [0.05, 0.1) is 19.1 Å². The predicted octanol–water partition coefficient (Wildman–Crippen LogP) is 6.53. The summed E-state index contributed by atoms with van der Waals surface area (Å²) in [6.45, 7) is 9.62. The third kappa shape index (κ3) is 7.56. The number of anilines is 1. The first-order chi connectivity index (χ1) is 20.2. The molecule has 226 valence electrons. The van der Waals surface area contributed by atoms with Crippen LogP contribution in [-0.4, -0.2) is 47.0 Å². The van der Waals surface area contributed by atoms with E-state index in [1.807, 2.05) is 25.1 Å². The molecule has 3 rings (SSSR count). The number of thiocarbonyl (C=S) groups is 1. The molecule has 10 heteroatoms. The van der Waals surface area contributed by atoms with Gasteiger partial charge in [-0.15, -0.1) is 0 Å². The number of nitrogens with one attached hydrogen (secondary N) is 1. The molecule has 1 atom stereocenters. The minimum absolute atomic E-state index is 0.0845.